The zero-order valence-corrected chi connectivity index (χ0v) is 10.0. The van der Waals surface area contributed by atoms with E-state index in [0.717, 1.165) is 5.69 Å². The molecule has 2 N–H and O–H groups in total. The fraction of sp³-hybridized carbons (Fsp3) is 0.200. The summed E-state index contributed by atoms with van der Waals surface area (Å²) in [7, 11) is 0. The molecule has 0 fully saturated rings. The molecule has 2 rings (SSSR count). The lowest BCUT2D eigenvalue weighted by Crippen LogP contribution is -2.02. The van der Waals surface area contributed by atoms with E-state index in [-0.39, 0.29) is 10.7 Å². The third kappa shape index (κ3) is 2.47. The van der Waals surface area contributed by atoms with Gasteiger partial charge >= 0.3 is 0 Å². The van der Waals surface area contributed by atoms with Crippen LogP contribution in [0.4, 0.5) is 5.69 Å². The van der Waals surface area contributed by atoms with Crippen molar-refractivity contribution in [1.29, 1.82) is 0 Å². The number of benzene rings is 1. The Bertz CT molecular complexity index is 583. The van der Waals surface area contributed by atoms with E-state index < -0.39 is 4.92 Å². The minimum absolute atomic E-state index is 0.0638. The molecule has 0 atom stereocenters. The Morgan fingerprint density at radius 2 is 2.28 bits per heavy atom. The molecular formula is C10H10ClN5O2. The third-order valence-electron chi connectivity index (χ3n) is 2.33. The average molecular weight is 268 g/mol. The largest absolute Gasteiger partial charge is 0.330 e. The van der Waals surface area contributed by atoms with Crippen molar-refractivity contribution >= 4 is 17.3 Å². The highest BCUT2D eigenvalue weighted by molar-refractivity contribution is 6.32. The minimum atomic E-state index is -0.503. The van der Waals surface area contributed by atoms with Gasteiger partial charge in [-0.2, -0.15) is 0 Å². The summed E-state index contributed by atoms with van der Waals surface area (Å²) in [5.74, 6) is 0. The average Bonchev–Trinajstić information content (AvgIpc) is 2.77. The second kappa shape index (κ2) is 5.11. The van der Waals surface area contributed by atoms with Gasteiger partial charge in [-0.15, -0.1) is 5.10 Å². The molecular weight excluding hydrogens is 258 g/mol. The van der Waals surface area contributed by atoms with Crippen molar-refractivity contribution in [3.63, 3.8) is 0 Å². The molecule has 0 aliphatic rings. The van der Waals surface area contributed by atoms with Crippen molar-refractivity contribution in [3.8, 4) is 5.69 Å². The predicted molar refractivity (Wildman–Crippen MR) is 65.8 cm³/mol. The summed E-state index contributed by atoms with van der Waals surface area (Å²) in [6.45, 7) is 0.479. The number of nitro groups is 1. The highest BCUT2D eigenvalue weighted by Gasteiger charge is 2.11. The van der Waals surface area contributed by atoms with E-state index in [0.29, 0.717) is 18.7 Å². The van der Waals surface area contributed by atoms with Crippen molar-refractivity contribution in [2.75, 3.05) is 6.54 Å². The Balaban J connectivity index is 2.35. The fourth-order valence-corrected chi connectivity index (χ4v) is 1.74. The van der Waals surface area contributed by atoms with Crippen molar-refractivity contribution < 1.29 is 4.92 Å². The zero-order chi connectivity index (χ0) is 13.1. The highest BCUT2D eigenvalue weighted by Crippen LogP contribution is 2.24. The summed E-state index contributed by atoms with van der Waals surface area (Å²) in [6.07, 6.45) is 2.31. The lowest BCUT2D eigenvalue weighted by atomic mass is 10.3. The van der Waals surface area contributed by atoms with E-state index in [2.05, 4.69) is 10.3 Å². The predicted octanol–water partition coefficient (Wildman–Crippen LogP) is 1.33. The molecule has 18 heavy (non-hydrogen) atoms. The van der Waals surface area contributed by atoms with Crippen molar-refractivity contribution in [2.45, 2.75) is 6.42 Å². The number of nitrogens with two attached hydrogens (primary N) is 1. The Hall–Kier alpha value is -1.99. The van der Waals surface area contributed by atoms with Gasteiger partial charge in [0.15, 0.2) is 0 Å². The molecule has 1 aromatic carbocycles. The van der Waals surface area contributed by atoms with Gasteiger partial charge < -0.3 is 5.73 Å². The second-order valence-corrected chi connectivity index (χ2v) is 3.99. The number of aromatic nitrogens is 3. The van der Waals surface area contributed by atoms with Crippen LogP contribution in [-0.2, 0) is 6.42 Å². The maximum atomic E-state index is 10.6. The van der Waals surface area contributed by atoms with Crippen molar-refractivity contribution in [1.82, 2.24) is 15.0 Å². The molecule has 1 heterocycles. The topological polar surface area (TPSA) is 99.9 Å². The number of rotatable bonds is 4. The van der Waals surface area contributed by atoms with Gasteiger partial charge in [-0.1, -0.05) is 16.8 Å². The Kier molecular flexibility index (Phi) is 3.54. The van der Waals surface area contributed by atoms with Crippen LogP contribution in [0.5, 0.6) is 0 Å². The van der Waals surface area contributed by atoms with Gasteiger partial charge in [-0.05, 0) is 12.6 Å². The summed E-state index contributed by atoms with van der Waals surface area (Å²) >= 11 is 5.98. The van der Waals surface area contributed by atoms with Crippen LogP contribution in [0.2, 0.25) is 5.02 Å². The minimum Gasteiger partial charge on any atom is -0.330 e. The molecule has 0 saturated carbocycles. The first kappa shape index (κ1) is 12.5. The van der Waals surface area contributed by atoms with Gasteiger partial charge in [0.1, 0.15) is 0 Å². The molecule has 0 aliphatic carbocycles. The van der Waals surface area contributed by atoms with Gasteiger partial charge in [0.05, 0.1) is 27.5 Å². The third-order valence-corrected chi connectivity index (χ3v) is 2.63. The molecule has 94 valence electrons. The van der Waals surface area contributed by atoms with E-state index in [9.17, 15) is 10.1 Å². The van der Waals surface area contributed by atoms with E-state index in [1.54, 1.807) is 6.20 Å². The normalized spacial score (nSPS) is 10.6. The van der Waals surface area contributed by atoms with E-state index >= 15 is 0 Å². The lowest BCUT2D eigenvalue weighted by molar-refractivity contribution is -0.384. The Morgan fingerprint density at radius 1 is 1.50 bits per heavy atom. The number of hydrogen-bond acceptors (Lipinski definition) is 5. The van der Waals surface area contributed by atoms with Crippen LogP contribution < -0.4 is 5.73 Å². The molecule has 1 aromatic heterocycles. The van der Waals surface area contributed by atoms with Gasteiger partial charge in [0.25, 0.3) is 5.69 Å². The van der Waals surface area contributed by atoms with Crippen molar-refractivity contribution in [3.05, 3.63) is 45.2 Å². The number of nitrogens with zero attached hydrogens (tertiary/aromatic N) is 4. The molecule has 0 spiro atoms. The van der Waals surface area contributed by atoms with Crippen LogP contribution in [0.1, 0.15) is 5.69 Å². The molecule has 0 radical (unpaired) electrons. The Morgan fingerprint density at radius 3 is 2.89 bits per heavy atom. The van der Waals surface area contributed by atoms with Crippen LogP contribution in [0.25, 0.3) is 5.69 Å². The van der Waals surface area contributed by atoms with E-state index in [1.807, 2.05) is 0 Å². The zero-order valence-electron chi connectivity index (χ0n) is 9.28. The number of nitro benzene ring substituents is 1. The summed E-state index contributed by atoms with van der Waals surface area (Å²) in [5, 5.41) is 18.7. The maximum absolute atomic E-state index is 10.6. The molecule has 7 nitrogen and oxygen atoms in total. The smallest absolute Gasteiger partial charge is 0.271 e. The molecule has 0 aliphatic heterocycles. The van der Waals surface area contributed by atoms with E-state index in [4.69, 9.17) is 17.3 Å². The number of non-ortho nitro benzene ring substituents is 1. The first-order valence-electron chi connectivity index (χ1n) is 5.17. The van der Waals surface area contributed by atoms with Crippen LogP contribution in [0, 0.1) is 10.1 Å². The molecule has 8 heteroatoms. The van der Waals surface area contributed by atoms with Gasteiger partial charge in [-0.25, -0.2) is 4.68 Å². The summed E-state index contributed by atoms with van der Waals surface area (Å²) in [4.78, 5) is 10.1. The summed E-state index contributed by atoms with van der Waals surface area (Å²) in [6, 6.07) is 4.17. The standard InChI is InChI=1S/C10H10ClN5O2/c11-9-5-8(16(17)18)1-2-10(9)15-6-7(3-4-12)13-14-15/h1-2,5-6H,3-4,12H2. The van der Waals surface area contributed by atoms with Crippen LogP contribution in [0.3, 0.4) is 0 Å². The highest BCUT2D eigenvalue weighted by atomic mass is 35.5. The number of halogens is 1. The van der Waals surface area contributed by atoms with Gasteiger partial charge in [0.2, 0.25) is 0 Å². The quantitative estimate of drug-likeness (QED) is 0.665. The van der Waals surface area contributed by atoms with Crippen LogP contribution in [-0.4, -0.2) is 26.5 Å². The van der Waals surface area contributed by atoms with Crippen LogP contribution in [0.15, 0.2) is 24.4 Å². The summed E-state index contributed by atoms with van der Waals surface area (Å²) < 4.78 is 1.47. The van der Waals surface area contributed by atoms with Gasteiger partial charge in [-0.3, -0.25) is 10.1 Å². The number of hydrogen-bond donors (Lipinski definition) is 1. The summed E-state index contributed by atoms with van der Waals surface area (Å²) in [5.41, 5.74) is 6.63. The van der Waals surface area contributed by atoms with Crippen molar-refractivity contribution in [2.24, 2.45) is 5.73 Å². The Labute approximate surface area is 107 Å². The first-order valence-corrected chi connectivity index (χ1v) is 5.55. The molecule has 0 unspecified atom stereocenters. The maximum Gasteiger partial charge on any atom is 0.271 e. The molecule has 0 amide bonds. The first-order chi connectivity index (χ1) is 8.61. The molecule has 0 saturated heterocycles. The molecule has 2 aromatic rings. The SMILES string of the molecule is NCCc1cn(-c2ccc([N+](=O)[O-])cc2Cl)nn1. The second-order valence-electron chi connectivity index (χ2n) is 3.59. The van der Waals surface area contributed by atoms with Crippen LogP contribution >= 0.6 is 11.6 Å². The van der Waals surface area contributed by atoms with Gasteiger partial charge in [0, 0.05) is 18.6 Å². The van der Waals surface area contributed by atoms with E-state index in [1.165, 1.54) is 22.9 Å². The fourth-order valence-electron chi connectivity index (χ4n) is 1.47. The lowest BCUT2D eigenvalue weighted by Gasteiger charge is -2.02. The molecule has 0 bridgehead atoms. The monoisotopic (exact) mass is 267 g/mol.